The fourth-order valence-corrected chi connectivity index (χ4v) is 5.26. The maximum atomic E-state index is 12.8. The van der Waals surface area contributed by atoms with Crippen LogP contribution in [-0.2, 0) is 14.2 Å². The van der Waals surface area contributed by atoms with E-state index in [-0.39, 0.29) is 34.8 Å². The van der Waals surface area contributed by atoms with Crippen molar-refractivity contribution in [1.82, 2.24) is 0 Å². The Bertz CT molecular complexity index is 1600. The van der Waals surface area contributed by atoms with Gasteiger partial charge in [-0.25, -0.2) is 0 Å². The highest BCUT2D eigenvalue weighted by Gasteiger charge is 2.22. The van der Waals surface area contributed by atoms with E-state index in [0.717, 1.165) is 6.42 Å². The molecule has 0 fully saturated rings. The molecule has 0 saturated heterocycles. The van der Waals surface area contributed by atoms with Crippen molar-refractivity contribution >= 4 is 11.6 Å². The minimum absolute atomic E-state index is 0.0197. The Kier molecular flexibility index (Phi) is 15.0. The Morgan fingerprint density at radius 1 is 0.529 bits per heavy atom. The highest BCUT2D eigenvalue weighted by atomic mass is 16.6. The molecule has 7 nitrogen and oxygen atoms in total. The van der Waals surface area contributed by atoms with Crippen LogP contribution in [-0.4, -0.2) is 62.4 Å². The molecular formula is C44H54O7. The topological polar surface area (TPSA) is 80.3 Å². The van der Waals surface area contributed by atoms with E-state index in [1.54, 1.807) is 24.3 Å². The molecule has 0 spiro atoms. The van der Waals surface area contributed by atoms with Gasteiger partial charge in [0.15, 0.2) is 11.6 Å². The lowest BCUT2D eigenvalue weighted by Gasteiger charge is -2.29. The maximum absolute atomic E-state index is 12.8. The summed E-state index contributed by atoms with van der Waals surface area (Å²) < 4.78 is 31.0. The lowest BCUT2D eigenvalue weighted by molar-refractivity contribution is -0.121. The van der Waals surface area contributed by atoms with Crippen LogP contribution in [0.15, 0.2) is 109 Å². The molecule has 2 atom stereocenters. The molecule has 0 bridgehead atoms. The van der Waals surface area contributed by atoms with Crippen LogP contribution in [0.2, 0.25) is 0 Å². The highest BCUT2D eigenvalue weighted by molar-refractivity contribution is 6.09. The molecule has 0 aliphatic heterocycles. The Morgan fingerprint density at radius 3 is 1.39 bits per heavy atom. The van der Waals surface area contributed by atoms with Crippen molar-refractivity contribution in [3.63, 3.8) is 0 Å². The van der Waals surface area contributed by atoms with E-state index in [9.17, 15) is 9.59 Å². The lowest BCUT2D eigenvalue weighted by Crippen LogP contribution is -2.34. The van der Waals surface area contributed by atoms with Gasteiger partial charge in [0.2, 0.25) is 0 Å². The molecule has 0 saturated carbocycles. The summed E-state index contributed by atoms with van der Waals surface area (Å²) in [6.45, 7) is 15.0. The number of carbonyl (C=O) groups excluding carboxylic acids is 2. The van der Waals surface area contributed by atoms with Gasteiger partial charge < -0.3 is 23.7 Å². The number of ketones is 2. The third-order valence-electron chi connectivity index (χ3n) is 8.06. The van der Waals surface area contributed by atoms with Crippen molar-refractivity contribution in [2.75, 3.05) is 33.0 Å². The van der Waals surface area contributed by atoms with Gasteiger partial charge in [0.05, 0.1) is 44.2 Å². The Hall–Kier alpha value is -4.30. The zero-order valence-corrected chi connectivity index (χ0v) is 31.1. The standard InChI is InChI=1S/C44H54O7/c1-43(2,3)27-30-47-31-39(25-28-48-37-21-17-35(18-22-37)41(45)33-13-9-7-10-14-33)50-32-40(51-44(4,5)6)26-29-49-38-23-19-36(20-24-38)42(46)34-15-11-8-12-16-34/h7-24,39-40H,25-32H2,1-6H3. The summed E-state index contributed by atoms with van der Waals surface area (Å²) in [5.74, 6) is 1.34. The van der Waals surface area contributed by atoms with Gasteiger partial charge in [0, 0.05) is 41.7 Å². The maximum Gasteiger partial charge on any atom is 0.193 e. The number of hydrogen-bond donors (Lipinski definition) is 0. The molecule has 0 aliphatic rings. The predicted octanol–water partition coefficient (Wildman–Crippen LogP) is 9.41. The first-order valence-electron chi connectivity index (χ1n) is 17.9. The summed E-state index contributed by atoms with van der Waals surface area (Å²) >= 11 is 0. The molecule has 51 heavy (non-hydrogen) atoms. The first-order chi connectivity index (χ1) is 24.4. The Morgan fingerprint density at radius 2 is 0.961 bits per heavy atom. The van der Waals surface area contributed by atoms with Crippen LogP contribution < -0.4 is 9.47 Å². The van der Waals surface area contributed by atoms with E-state index in [2.05, 4.69) is 20.8 Å². The summed E-state index contributed by atoms with van der Waals surface area (Å²) in [5.41, 5.74) is 2.35. The molecule has 272 valence electrons. The fraction of sp³-hybridized carbons (Fsp3) is 0.409. The molecule has 4 rings (SSSR count). The third-order valence-corrected chi connectivity index (χ3v) is 8.06. The van der Waals surface area contributed by atoms with Gasteiger partial charge in [0.25, 0.3) is 0 Å². The number of rotatable bonds is 20. The summed E-state index contributed by atoms with van der Waals surface area (Å²) in [6, 6.07) is 33.0. The summed E-state index contributed by atoms with van der Waals surface area (Å²) in [6.07, 6.45) is 1.76. The van der Waals surface area contributed by atoms with Gasteiger partial charge in [-0.2, -0.15) is 0 Å². The van der Waals surface area contributed by atoms with Crippen molar-refractivity contribution in [2.45, 2.75) is 78.6 Å². The summed E-state index contributed by atoms with van der Waals surface area (Å²) in [5, 5.41) is 0. The van der Waals surface area contributed by atoms with E-state index < -0.39 is 0 Å². The van der Waals surface area contributed by atoms with Gasteiger partial charge in [0.1, 0.15) is 11.5 Å². The van der Waals surface area contributed by atoms with Gasteiger partial charge in [-0.15, -0.1) is 0 Å². The first-order valence-corrected chi connectivity index (χ1v) is 17.9. The van der Waals surface area contributed by atoms with Gasteiger partial charge in [-0.3, -0.25) is 9.59 Å². The second kappa shape index (κ2) is 19.3. The van der Waals surface area contributed by atoms with Gasteiger partial charge in [-0.05, 0) is 81.1 Å². The SMILES string of the molecule is CC(C)(C)CCOCC(CCOc1ccc(C(=O)c2ccccc2)cc1)OCC(CCOc1ccc(C(=O)c2ccccc2)cc1)OC(C)(C)C. The van der Waals surface area contributed by atoms with E-state index in [4.69, 9.17) is 23.7 Å². The average molecular weight is 695 g/mol. The van der Waals surface area contributed by atoms with Crippen LogP contribution in [0.3, 0.4) is 0 Å². The third kappa shape index (κ3) is 14.5. The first kappa shape index (κ1) is 39.5. The monoisotopic (exact) mass is 694 g/mol. The van der Waals surface area contributed by atoms with Gasteiger partial charge in [-0.1, -0.05) is 81.4 Å². The number of benzene rings is 4. The van der Waals surface area contributed by atoms with E-state index in [1.807, 2.05) is 106 Å². The van der Waals surface area contributed by atoms with E-state index in [0.29, 0.717) is 79.6 Å². The van der Waals surface area contributed by atoms with Crippen LogP contribution in [0, 0.1) is 5.41 Å². The normalized spacial score (nSPS) is 13.0. The molecule has 0 radical (unpaired) electrons. The van der Waals surface area contributed by atoms with Crippen LogP contribution in [0.4, 0.5) is 0 Å². The van der Waals surface area contributed by atoms with Crippen molar-refractivity contribution in [3.05, 3.63) is 131 Å². The molecule has 7 heteroatoms. The molecule has 0 aromatic heterocycles. The zero-order valence-electron chi connectivity index (χ0n) is 31.1. The smallest absolute Gasteiger partial charge is 0.193 e. The Balaban J connectivity index is 1.30. The molecule has 4 aromatic rings. The number of hydrogen-bond acceptors (Lipinski definition) is 7. The van der Waals surface area contributed by atoms with Gasteiger partial charge >= 0.3 is 0 Å². The summed E-state index contributed by atoms with van der Waals surface area (Å²) in [7, 11) is 0. The summed E-state index contributed by atoms with van der Waals surface area (Å²) in [4.78, 5) is 25.5. The van der Waals surface area contributed by atoms with E-state index >= 15 is 0 Å². The largest absolute Gasteiger partial charge is 0.493 e. The molecule has 0 heterocycles. The second-order valence-electron chi connectivity index (χ2n) is 14.9. The number of carbonyl (C=O) groups is 2. The minimum atomic E-state index is -0.372. The second-order valence-corrected chi connectivity index (χ2v) is 14.9. The number of ether oxygens (including phenoxy) is 5. The van der Waals surface area contributed by atoms with E-state index in [1.165, 1.54) is 0 Å². The van der Waals surface area contributed by atoms with Crippen molar-refractivity contribution in [1.29, 1.82) is 0 Å². The fourth-order valence-electron chi connectivity index (χ4n) is 5.26. The van der Waals surface area contributed by atoms with Crippen LogP contribution >= 0.6 is 0 Å². The Labute approximate surface area is 304 Å². The quantitative estimate of drug-likeness (QED) is 0.0674. The average Bonchev–Trinajstić information content (AvgIpc) is 3.11. The molecule has 4 aromatic carbocycles. The van der Waals surface area contributed by atoms with Crippen molar-refractivity contribution in [2.24, 2.45) is 5.41 Å². The lowest BCUT2D eigenvalue weighted by atomic mass is 9.93. The molecule has 0 aliphatic carbocycles. The van der Waals surface area contributed by atoms with Crippen molar-refractivity contribution in [3.8, 4) is 11.5 Å². The molecule has 0 N–H and O–H groups in total. The van der Waals surface area contributed by atoms with Crippen LogP contribution in [0.25, 0.3) is 0 Å². The molecule has 2 unspecified atom stereocenters. The van der Waals surface area contributed by atoms with Crippen LogP contribution in [0.5, 0.6) is 11.5 Å². The van der Waals surface area contributed by atoms with Crippen molar-refractivity contribution < 1.29 is 33.3 Å². The molecule has 0 amide bonds. The zero-order chi connectivity index (χ0) is 36.7. The van der Waals surface area contributed by atoms with Crippen LogP contribution in [0.1, 0.15) is 92.6 Å². The predicted molar refractivity (Wildman–Crippen MR) is 202 cm³/mol. The minimum Gasteiger partial charge on any atom is -0.493 e. The molecular weight excluding hydrogens is 640 g/mol. The highest BCUT2D eigenvalue weighted by Crippen LogP contribution is 2.21.